The first-order valence-corrected chi connectivity index (χ1v) is 7.90. The minimum atomic E-state index is -0.127. The molecule has 3 aromatic rings. The van der Waals surface area contributed by atoms with Gasteiger partial charge in [0.25, 0.3) is 5.91 Å². The number of aromatic nitrogens is 3. The summed E-state index contributed by atoms with van der Waals surface area (Å²) in [5.41, 5.74) is 3.64. The van der Waals surface area contributed by atoms with E-state index in [0.29, 0.717) is 5.69 Å². The highest BCUT2D eigenvalue weighted by Crippen LogP contribution is 2.29. The predicted octanol–water partition coefficient (Wildman–Crippen LogP) is 2.78. The van der Waals surface area contributed by atoms with Gasteiger partial charge in [-0.15, -0.1) is 0 Å². The SMILES string of the molecule is Cn1ncc2c1CCCC2NC(=O)c1ccc2ccccc2n1. The Morgan fingerprint density at radius 1 is 1.26 bits per heavy atom. The van der Waals surface area contributed by atoms with E-state index >= 15 is 0 Å². The first-order valence-electron chi connectivity index (χ1n) is 7.90. The Morgan fingerprint density at radius 3 is 3.04 bits per heavy atom. The quantitative estimate of drug-likeness (QED) is 0.792. The van der Waals surface area contributed by atoms with Gasteiger partial charge in [0, 0.05) is 23.7 Å². The maximum Gasteiger partial charge on any atom is 0.270 e. The fourth-order valence-electron chi connectivity index (χ4n) is 3.28. The molecule has 5 nitrogen and oxygen atoms in total. The topological polar surface area (TPSA) is 59.8 Å². The number of hydrogen-bond acceptors (Lipinski definition) is 3. The summed E-state index contributed by atoms with van der Waals surface area (Å²) in [6, 6.07) is 11.6. The second-order valence-corrected chi connectivity index (χ2v) is 5.98. The van der Waals surface area contributed by atoms with E-state index in [2.05, 4.69) is 15.4 Å². The Balaban J connectivity index is 1.60. The zero-order chi connectivity index (χ0) is 15.8. The van der Waals surface area contributed by atoms with Crippen molar-refractivity contribution in [2.75, 3.05) is 0 Å². The normalized spacial score (nSPS) is 17.0. The van der Waals surface area contributed by atoms with E-state index < -0.39 is 0 Å². The van der Waals surface area contributed by atoms with Crippen LogP contribution in [0.25, 0.3) is 10.9 Å². The average Bonchev–Trinajstić information content (AvgIpc) is 2.97. The van der Waals surface area contributed by atoms with Crippen LogP contribution in [0.3, 0.4) is 0 Å². The van der Waals surface area contributed by atoms with Crippen LogP contribution in [0.4, 0.5) is 0 Å². The molecular weight excluding hydrogens is 288 g/mol. The lowest BCUT2D eigenvalue weighted by molar-refractivity contribution is 0.0928. The van der Waals surface area contributed by atoms with Crippen LogP contribution in [-0.4, -0.2) is 20.7 Å². The van der Waals surface area contributed by atoms with Crippen molar-refractivity contribution in [3.05, 3.63) is 59.5 Å². The number of nitrogens with zero attached hydrogens (tertiary/aromatic N) is 3. The lowest BCUT2D eigenvalue weighted by Crippen LogP contribution is -2.31. The summed E-state index contributed by atoms with van der Waals surface area (Å²) in [5, 5.41) is 8.47. The fourth-order valence-corrected chi connectivity index (χ4v) is 3.28. The van der Waals surface area contributed by atoms with E-state index in [1.807, 2.05) is 48.3 Å². The van der Waals surface area contributed by atoms with E-state index in [-0.39, 0.29) is 11.9 Å². The molecule has 1 aliphatic rings. The van der Waals surface area contributed by atoms with E-state index in [1.54, 1.807) is 6.07 Å². The van der Waals surface area contributed by atoms with E-state index in [9.17, 15) is 4.79 Å². The average molecular weight is 306 g/mol. The smallest absolute Gasteiger partial charge is 0.270 e. The zero-order valence-electron chi connectivity index (χ0n) is 13.0. The lowest BCUT2D eigenvalue weighted by atomic mass is 9.93. The van der Waals surface area contributed by atoms with Crippen LogP contribution in [0.2, 0.25) is 0 Å². The van der Waals surface area contributed by atoms with Gasteiger partial charge in [-0.3, -0.25) is 9.48 Å². The van der Waals surface area contributed by atoms with Gasteiger partial charge in [0.1, 0.15) is 5.69 Å². The number of carbonyl (C=O) groups excluding carboxylic acids is 1. The van der Waals surface area contributed by atoms with Crippen molar-refractivity contribution in [2.24, 2.45) is 7.05 Å². The molecule has 0 saturated carbocycles. The monoisotopic (exact) mass is 306 g/mol. The van der Waals surface area contributed by atoms with Crippen LogP contribution in [0, 0.1) is 0 Å². The highest BCUT2D eigenvalue weighted by Gasteiger charge is 2.25. The van der Waals surface area contributed by atoms with Crippen molar-refractivity contribution in [1.29, 1.82) is 0 Å². The van der Waals surface area contributed by atoms with Crippen molar-refractivity contribution in [3.8, 4) is 0 Å². The third kappa shape index (κ3) is 2.48. The number of fused-ring (bicyclic) bond motifs is 2. The van der Waals surface area contributed by atoms with Crippen LogP contribution >= 0.6 is 0 Å². The van der Waals surface area contributed by atoms with Crippen molar-refractivity contribution >= 4 is 16.8 Å². The van der Waals surface area contributed by atoms with Crippen molar-refractivity contribution < 1.29 is 4.79 Å². The predicted molar refractivity (Wildman–Crippen MR) is 88.1 cm³/mol. The minimum absolute atomic E-state index is 0.0215. The summed E-state index contributed by atoms with van der Waals surface area (Å²) in [6.07, 6.45) is 4.89. The van der Waals surface area contributed by atoms with Crippen LogP contribution in [0.1, 0.15) is 40.6 Å². The molecular formula is C18H18N4O. The molecule has 1 atom stereocenters. The molecule has 5 heteroatoms. The second kappa shape index (κ2) is 5.50. The molecule has 1 aromatic carbocycles. The Morgan fingerprint density at radius 2 is 2.13 bits per heavy atom. The maximum atomic E-state index is 12.6. The summed E-state index contributed by atoms with van der Waals surface area (Å²) in [5.74, 6) is -0.127. The molecule has 2 heterocycles. The second-order valence-electron chi connectivity index (χ2n) is 5.98. The molecule has 1 N–H and O–H groups in total. The molecule has 0 aliphatic heterocycles. The van der Waals surface area contributed by atoms with Crippen LogP contribution < -0.4 is 5.32 Å². The summed E-state index contributed by atoms with van der Waals surface area (Å²) >= 11 is 0. The fraction of sp³-hybridized carbons (Fsp3) is 0.278. The third-order valence-electron chi connectivity index (χ3n) is 4.51. The zero-order valence-corrected chi connectivity index (χ0v) is 13.0. The number of benzene rings is 1. The van der Waals surface area contributed by atoms with Gasteiger partial charge in [-0.25, -0.2) is 4.98 Å². The van der Waals surface area contributed by atoms with Crippen LogP contribution in [0.15, 0.2) is 42.6 Å². The highest BCUT2D eigenvalue weighted by atomic mass is 16.1. The molecule has 4 rings (SSSR count). The number of rotatable bonds is 2. The van der Waals surface area contributed by atoms with Gasteiger partial charge in [-0.05, 0) is 31.4 Å². The first kappa shape index (κ1) is 13.9. The summed E-state index contributed by atoms with van der Waals surface area (Å²) < 4.78 is 1.90. The maximum absolute atomic E-state index is 12.6. The number of amides is 1. The molecule has 1 amide bonds. The van der Waals surface area contributed by atoms with Crippen molar-refractivity contribution in [2.45, 2.75) is 25.3 Å². The number of para-hydroxylation sites is 1. The van der Waals surface area contributed by atoms with Crippen LogP contribution in [-0.2, 0) is 13.5 Å². The summed E-state index contributed by atoms with van der Waals surface area (Å²) in [6.45, 7) is 0. The van der Waals surface area contributed by atoms with E-state index in [1.165, 1.54) is 5.69 Å². The number of nitrogens with one attached hydrogen (secondary N) is 1. The molecule has 0 radical (unpaired) electrons. The van der Waals surface area contributed by atoms with E-state index in [4.69, 9.17) is 0 Å². The van der Waals surface area contributed by atoms with E-state index in [0.717, 1.165) is 35.7 Å². The Kier molecular flexibility index (Phi) is 3.33. The molecule has 0 fully saturated rings. The van der Waals surface area contributed by atoms with Gasteiger partial charge in [0.05, 0.1) is 17.8 Å². The molecule has 23 heavy (non-hydrogen) atoms. The van der Waals surface area contributed by atoms with Gasteiger partial charge < -0.3 is 5.32 Å². The number of carbonyl (C=O) groups is 1. The largest absolute Gasteiger partial charge is 0.344 e. The summed E-state index contributed by atoms with van der Waals surface area (Å²) in [7, 11) is 1.95. The third-order valence-corrected chi connectivity index (χ3v) is 4.51. The van der Waals surface area contributed by atoms with Gasteiger partial charge in [-0.2, -0.15) is 5.10 Å². The van der Waals surface area contributed by atoms with Crippen molar-refractivity contribution in [1.82, 2.24) is 20.1 Å². The van der Waals surface area contributed by atoms with Gasteiger partial charge in [0.15, 0.2) is 0 Å². The molecule has 1 aliphatic carbocycles. The Bertz CT molecular complexity index is 884. The molecule has 0 spiro atoms. The van der Waals surface area contributed by atoms with Crippen molar-refractivity contribution in [3.63, 3.8) is 0 Å². The lowest BCUT2D eigenvalue weighted by Gasteiger charge is -2.23. The highest BCUT2D eigenvalue weighted by molar-refractivity contribution is 5.95. The molecule has 116 valence electrons. The Hall–Kier alpha value is -2.69. The minimum Gasteiger partial charge on any atom is -0.344 e. The molecule has 2 aromatic heterocycles. The van der Waals surface area contributed by atoms with Gasteiger partial charge >= 0.3 is 0 Å². The van der Waals surface area contributed by atoms with Crippen LogP contribution in [0.5, 0.6) is 0 Å². The summed E-state index contributed by atoms with van der Waals surface area (Å²) in [4.78, 5) is 17.0. The number of hydrogen-bond donors (Lipinski definition) is 1. The Labute approximate surface area is 134 Å². The standard InChI is InChI=1S/C18H18N4O/c1-22-17-8-4-7-15(13(17)11-19-22)21-18(23)16-10-9-12-5-2-3-6-14(12)20-16/h2-3,5-6,9-11,15H,4,7-8H2,1H3,(H,21,23). The molecule has 0 saturated heterocycles. The molecule has 0 bridgehead atoms. The number of pyridine rings is 1. The number of aryl methyl sites for hydroxylation is 1. The first-order chi connectivity index (χ1) is 11.2. The molecule has 1 unspecified atom stereocenters. The van der Waals surface area contributed by atoms with Gasteiger partial charge in [0.2, 0.25) is 0 Å². The van der Waals surface area contributed by atoms with Gasteiger partial charge in [-0.1, -0.05) is 24.3 Å².